The summed E-state index contributed by atoms with van der Waals surface area (Å²) in [5.74, 6) is 0.213. The summed E-state index contributed by atoms with van der Waals surface area (Å²) in [6.07, 6.45) is 3.94. The van der Waals surface area contributed by atoms with Gasteiger partial charge in [0, 0.05) is 5.56 Å². The second-order valence-corrected chi connectivity index (χ2v) is 8.84. The number of halogens is 1. The molecule has 32 heavy (non-hydrogen) atoms. The van der Waals surface area contributed by atoms with E-state index in [2.05, 4.69) is 12.1 Å². The van der Waals surface area contributed by atoms with E-state index in [9.17, 15) is 19.4 Å². The average Bonchev–Trinajstić information content (AvgIpc) is 3.64. The van der Waals surface area contributed by atoms with Gasteiger partial charge in [-0.3, -0.25) is 4.79 Å². The number of aromatic hydroxyl groups is 1. The van der Waals surface area contributed by atoms with Crippen LogP contribution in [0, 0.1) is 11.7 Å². The number of aryl methyl sites for hydroxylation is 1. The van der Waals surface area contributed by atoms with Crippen LogP contribution in [-0.4, -0.2) is 16.2 Å². The lowest BCUT2D eigenvalue weighted by molar-refractivity contribution is -0.137. The number of aliphatic carboxylic acids is 1. The quantitative estimate of drug-likeness (QED) is 0.484. The minimum atomic E-state index is -0.762. The van der Waals surface area contributed by atoms with Gasteiger partial charge in [-0.2, -0.15) is 0 Å². The Morgan fingerprint density at radius 2 is 1.81 bits per heavy atom. The SMILES string of the molecule is O=C(O)CC(c1ccc2c(c1)OC(c1ccc(-c3cc(O)ccc3F)cc1)CC2)C1CC1. The van der Waals surface area contributed by atoms with Gasteiger partial charge in [0.25, 0.3) is 0 Å². The molecule has 0 saturated heterocycles. The summed E-state index contributed by atoms with van der Waals surface area (Å²) in [4.78, 5) is 11.3. The van der Waals surface area contributed by atoms with E-state index in [-0.39, 0.29) is 30.0 Å². The van der Waals surface area contributed by atoms with Gasteiger partial charge in [-0.05, 0) is 84.0 Å². The Balaban J connectivity index is 1.36. The zero-order chi connectivity index (χ0) is 22.2. The molecule has 2 unspecified atom stereocenters. The molecule has 5 rings (SSSR count). The van der Waals surface area contributed by atoms with E-state index in [4.69, 9.17) is 4.74 Å². The van der Waals surface area contributed by atoms with Crippen LogP contribution in [0.3, 0.4) is 0 Å². The normalized spacial score (nSPS) is 18.5. The molecule has 1 fully saturated rings. The molecule has 2 atom stereocenters. The maximum absolute atomic E-state index is 14.1. The van der Waals surface area contributed by atoms with Crippen LogP contribution in [0.1, 0.15) is 54.4 Å². The molecule has 1 heterocycles. The first-order valence-electron chi connectivity index (χ1n) is 11.1. The van der Waals surface area contributed by atoms with E-state index in [0.29, 0.717) is 17.0 Å². The van der Waals surface area contributed by atoms with Crippen molar-refractivity contribution < 1.29 is 24.1 Å². The second-order valence-electron chi connectivity index (χ2n) is 8.84. The third kappa shape index (κ3) is 4.20. The van der Waals surface area contributed by atoms with Crippen molar-refractivity contribution in [1.29, 1.82) is 0 Å². The highest BCUT2D eigenvalue weighted by atomic mass is 19.1. The highest BCUT2D eigenvalue weighted by molar-refractivity contribution is 5.68. The Labute approximate surface area is 186 Å². The van der Waals surface area contributed by atoms with Crippen LogP contribution in [0.5, 0.6) is 11.5 Å². The molecule has 2 aliphatic rings. The molecule has 1 aliphatic carbocycles. The minimum Gasteiger partial charge on any atom is -0.508 e. The summed E-state index contributed by atoms with van der Waals surface area (Å²) in [5.41, 5.74) is 4.26. The van der Waals surface area contributed by atoms with Crippen molar-refractivity contribution in [3.63, 3.8) is 0 Å². The van der Waals surface area contributed by atoms with E-state index in [1.54, 1.807) is 0 Å². The molecule has 1 aliphatic heterocycles. The number of benzene rings is 3. The van der Waals surface area contributed by atoms with Crippen molar-refractivity contribution in [3.05, 3.63) is 83.2 Å². The summed E-state index contributed by atoms with van der Waals surface area (Å²) in [6.45, 7) is 0. The number of hydrogen-bond acceptors (Lipinski definition) is 3. The molecule has 5 heteroatoms. The molecule has 4 nitrogen and oxygen atoms in total. The van der Waals surface area contributed by atoms with Crippen LogP contribution in [0.2, 0.25) is 0 Å². The molecular formula is C27H25FO4. The third-order valence-corrected chi connectivity index (χ3v) is 6.59. The van der Waals surface area contributed by atoms with Gasteiger partial charge >= 0.3 is 5.97 Å². The van der Waals surface area contributed by atoms with Gasteiger partial charge in [-0.15, -0.1) is 0 Å². The number of hydrogen-bond donors (Lipinski definition) is 2. The number of rotatable bonds is 6. The molecule has 3 aromatic carbocycles. The number of phenolic OH excluding ortho intramolecular Hbond substituents is 1. The summed E-state index contributed by atoms with van der Waals surface area (Å²) >= 11 is 0. The number of ether oxygens (including phenoxy) is 1. The largest absolute Gasteiger partial charge is 0.508 e. The average molecular weight is 432 g/mol. The fourth-order valence-electron chi connectivity index (χ4n) is 4.71. The Morgan fingerprint density at radius 3 is 2.53 bits per heavy atom. The van der Waals surface area contributed by atoms with Crippen molar-refractivity contribution in [3.8, 4) is 22.6 Å². The first-order chi connectivity index (χ1) is 15.5. The Hall–Kier alpha value is -3.34. The van der Waals surface area contributed by atoms with Gasteiger partial charge in [0.05, 0.1) is 6.42 Å². The highest BCUT2D eigenvalue weighted by Gasteiger charge is 2.34. The molecule has 164 valence electrons. The van der Waals surface area contributed by atoms with E-state index in [1.807, 2.05) is 30.3 Å². The first-order valence-corrected chi connectivity index (χ1v) is 11.1. The number of carbonyl (C=O) groups is 1. The zero-order valence-electron chi connectivity index (χ0n) is 17.6. The van der Waals surface area contributed by atoms with Gasteiger partial charge in [-0.25, -0.2) is 4.39 Å². The van der Waals surface area contributed by atoms with Crippen molar-refractivity contribution in [2.24, 2.45) is 5.92 Å². The van der Waals surface area contributed by atoms with Crippen molar-refractivity contribution in [2.45, 2.75) is 44.1 Å². The molecule has 0 aromatic heterocycles. The van der Waals surface area contributed by atoms with E-state index < -0.39 is 5.97 Å². The summed E-state index contributed by atoms with van der Waals surface area (Å²) in [7, 11) is 0. The smallest absolute Gasteiger partial charge is 0.303 e. The van der Waals surface area contributed by atoms with E-state index in [1.165, 1.54) is 18.2 Å². The maximum Gasteiger partial charge on any atom is 0.303 e. The van der Waals surface area contributed by atoms with E-state index in [0.717, 1.165) is 48.1 Å². The molecule has 3 aromatic rings. The van der Waals surface area contributed by atoms with E-state index >= 15 is 0 Å². The number of fused-ring (bicyclic) bond motifs is 1. The molecule has 0 radical (unpaired) electrons. The minimum absolute atomic E-state index is 0.0286. The predicted molar refractivity (Wildman–Crippen MR) is 119 cm³/mol. The number of carboxylic acid groups (broad SMARTS) is 1. The molecule has 0 bridgehead atoms. The lowest BCUT2D eigenvalue weighted by Gasteiger charge is -2.28. The van der Waals surface area contributed by atoms with Gasteiger partial charge < -0.3 is 14.9 Å². The first kappa shape index (κ1) is 20.6. The summed E-state index contributed by atoms with van der Waals surface area (Å²) in [6, 6.07) is 17.8. The van der Waals surface area contributed by atoms with Crippen LogP contribution in [0.4, 0.5) is 4.39 Å². The molecule has 2 N–H and O–H groups in total. The summed E-state index contributed by atoms with van der Waals surface area (Å²) in [5, 5.41) is 19.0. The molecule has 0 spiro atoms. The van der Waals surface area contributed by atoms with Crippen molar-refractivity contribution >= 4 is 5.97 Å². The second kappa shape index (κ2) is 8.30. The van der Waals surface area contributed by atoms with Gasteiger partial charge in [0.15, 0.2) is 0 Å². The van der Waals surface area contributed by atoms with Gasteiger partial charge in [0.1, 0.15) is 23.4 Å². The molecule has 0 amide bonds. The standard InChI is InChI=1S/C27H25FO4/c28-24-11-10-21(29)14-23(24)17-3-5-18(6-4-17)25-12-9-19-7-8-20(13-26(19)32-25)22(15-27(30)31)16-1-2-16/h3-8,10-11,13-14,16,22,25,29H,1-2,9,12,15H2,(H,30,31). The molecule has 1 saturated carbocycles. The van der Waals surface area contributed by atoms with Crippen LogP contribution in [-0.2, 0) is 11.2 Å². The monoisotopic (exact) mass is 432 g/mol. The number of carboxylic acids is 1. The topological polar surface area (TPSA) is 66.8 Å². The third-order valence-electron chi connectivity index (χ3n) is 6.59. The van der Waals surface area contributed by atoms with Crippen LogP contribution in [0.25, 0.3) is 11.1 Å². The Kier molecular flexibility index (Phi) is 5.33. The highest BCUT2D eigenvalue weighted by Crippen LogP contribution is 2.46. The van der Waals surface area contributed by atoms with Gasteiger partial charge in [-0.1, -0.05) is 36.4 Å². The predicted octanol–water partition coefficient (Wildman–Crippen LogP) is 6.23. The van der Waals surface area contributed by atoms with Crippen molar-refractivity contribution in [1.82, 2.24) is 0 Å². The zero-order valence-corrected chi connectivity index (χ0v) is 17.6. The van der Waals surface area contributed by atoms with Gasteiger partial charge in [0.2, 0.25) is 0 Å². The van der Waals surface area contributed by atoms with Crippen LogP contribution >= 0.6 is 0 Å². The van der Waals surface area contributed by atoms with Crippen molar-refractivity contribution in [2.75, 3.05) is 0 Å². The number of phenols is 1. The summed E-state index contributed by atoms with van der Waals surface area (Å²) < 4.78 is 20.5. The van der Waals surface area contributed by atoms with Crippen LogP contribution in [0.15, 0.2) is 60.7 Å². The Morgan fingerprint density at radius 1 is 1.03 bits per heavy atom. The lowest BCUT2D eigenvalue weighted by Crippen LogP contribution is -2.16. The molecular weight excluding hydrogens is 407 g/mol. The fraction of sp³-hybridized carbons (Fsp3) is 0.296. The fourth-order valence-corrected chi connectivity index (χ4v) is 4.71. The maximum atomic E-state index is 14.1. The Bertz CT molecular complexity index is 1150. The lowest BCUT2D eigenvalue weighted by atomic mass is 9.88. The van der Waals surface area contributed by atoms with Crippen LogP contribution < -0.4 is 4.74 Å².